The number of carbonyl (C=O) groups is 1. The Kier molecular flexibility index (Phi) is 4.24. The van der Waals surface area contributed by atoms with Gasteiger partial charge in [0.25, 0.3) is 5.91 Å². The maximum Gasteiger partial charge on any atom is 0.273 e. The van der Waals surface area contributed by atoms with Crippen LogP contribution in [0.25, 0.3) is 0 Å². The number of rotatable bonds is 3. The van der Waals surface area contributed by atoms with Crippen molar-refractivity contribution in [2.75, 3.05) is 13.1 Å². The van der Waals surface area contributed by atoms with Gasteiger partial charge in [0.05, 0.1) is 5.01 Å². The quantitative estimate of drug-likeness (QED) is 0.871. The molecule has 1 saturated heterocycles. The number of aryl methyl sites for hydroxylation is 1. The summed E-state index contributed by atoms with van der Waals surface area (Å²) in [5.74, 6) is 1.83. The van der Waals surface area contributed by atoms with E-state index in [-0.39, 0.29) is 5.91 Å². The summed E-state index contributed by atoms with van der Waals surface area (Å²) in [4.78, 5) is 18.9. The van der Waals surface area contributed by atoms with Gasteiger partial charge in [-0.2, -0.15) is 0 Å². The van der Waals surface area contributed by atoms with E-state index in [2.05, 4.69) is 29.0 Å². The molecule has 1 aliphatic heterocycles. The van der Waals surface area contributed by atoms with Crippen LogP contribution in [0.5, 0.6) is 0 Å². The van der Waals surface area contributed by atoms with Crippen molar-refractivity contribution in [1.29, 1.82) is 0 Å². The molecule has 6 nitrogen and oxygen atoms in total. The average Bonchev–Trinajstić information content (AvgIpc) is 3.15. The van der Waals surface area contributed by atoms with Crippen molar-refractivity contribution in [3.63, 3.8) is 0 Å². The fraction of sp³-hybridized carbons (Fsp3) is 0.600. The molecule has 2 aromatic rings. The number of carbonyl (C=O) groups excluding carboxylic acids is 1. The molecule has 3 heterocycles. The summed E-state index contributed by atoms with van der Waals surface area (Å²) in [6.45, 7) is 5.70. The number of thiazole rings is 1. The Morgan fingerprint density at radius 2 is 2.09 bits per heavy atom. The lowest BCUT2D eigenvalue weighted by atomic mass is 9.96. The number of nitrogens with zero attached hydrogens (tertiary/aromatic N) is 5. The molecule has 0 saturated carbocycles. The van der Waals surface area contributed by atoms with Gasteiger partial charge in [0.2, 0.25) is 0 Å². The van der Waals surface area contributed by atoms with Gasteiger partial charge < -0.3 is 9.47 Å². The summed E-state index contributed by atoms with van der Waals surface area (Å²) in [6.07, 6.45) is 3.59. The van der Waals surface area contributed by atoms with Gasteiger partial charge in [-0.1, -0.05) is 13.8 Å². The van der Waals surface area contributed by atoms with Crippen molar-refractivity contribution in [2.24, 2.45) is 7.05 Å². The Bertz CT molecular complexity index is 654. The zero-order valence-corrected chi connectivity index (χ0v) is 14.0. The van der Waals surface area contributed by atoms with Crippen LogP contribution in [0.1, 0.15) is 59.8 Å². The van der Waals surface area contributed by atoms with E-state index in [0.717, 1.165) is 36.8 Å². The molecule has 118 valence electrons. The van der Waals surface area contributed by atoms with Crippen LogP contribution >= 0.6 is 11.3 Å². The lowest BCUT2D eigenvalue weighted by molar-refractivity contribution is 0.0705. The molecule has 0 aromatic carbocycles. The highest BCUT2D eigenvalue weighted by Crippen LogP contribution is 2.27. The molecule has 0 unspecified atom stereocenters. The standard InChI is InChI=1S/C15H21N5OS/c1-10(2)14-17-12(8-22-14)15(21)20-6-4-11(5-7-20)13-18-16-9-19(13)3/h8-11H,4-7H2,1-3H3. The molecule has 0 N–H and O–H groups in total. The van der Waals surface area contributed by atoms with Gasteiger partial charge in [0, 0.05) is 37.4 Å². The summed E-state index contributed by atoms with van der Waals surface area (Å²) >= 11 is 1.57. The van der Waals surface area contributed by atoms with Gasteiger partial charge in [0.1, 0.15) is 17.8 Å². The van der Waals surface area contributed by atoms with E-state index in [9.17, 15) is 4.79 Å². The molecular weight excluding hydrogens is 298 g/mol. The van der Waals surface area contributed by atoms with Crippen LogP contribution in [0.15, 0.2) is 11.7 Å². The summed E-state index contributed by atoms with van der Waals surface area (Å²) in [5, 5.41) is 11.0. The largest absolute Gasteiger partial charge is 0.337 e. The highest BCUT2D eigenvalue weighted by atomic mass is 32.1. The molecule has 1 fully saturated rings. The molecule has 3 rings (SSSR count). The van der Waals surface area contributed by atoms with E-state index >= 15 is 0 Å². The summed E-state index contributed by atoms with van der Waals surface area (Å²) in [5.41, 5.74) is 0.589. The third-order valence-corrected chi connectivity index (χ3v) is 5.27. The Labute approximate surface area is 134 Å². The summed E-state index contributed by atoms with van der Waals surface area (Å²) in [7, 11) is 1.97. The van der Waals surface area contributed by atoms with Gasteiger partial charge in [-0.05, 0) is 12.8 Å². The summed E-state index contributed by atoms with van der Waals surface area (Å²) in [6, 6.07) is 0. The van der Waals surface area contributed by atoms with Crippen LogP contribution < -0.4 is 0 Å². The van der Waals surface area contributed by atoms with E-state index in [1.807, 2.05) is 21.9 Å². The maximum absolute atomic E-state index is 12.5. The highest BCUT2D eigenvalue weighted by Gasteiger charge is 2.28. The molecule has 2 aromatic heterocycles. The van der Waals surface area contributed by atoms with Crippen LogP contribution in [0, 0.1) is 0 Å². The second kappa shape index (κ2) is 6.16. The molecule has 0 atom stereocenters. The Morgan fingerprint density at radius 1 is 1.36 bits per heavy atom. The van der Waals surface area contributed by atoms with Crippen LogP contribution in [0.2, 0.25) is 0 Å². The first-order valence-corrected chi connectivity index (χ1v) is 8.52. The number of aromatic nitrogens is 4. The lowest BCUT2D eigenvalue weighted by Gasteiger charge is -2.31. The van der Waals surface area contributed by atoms with Crippen molar-refractivity contribution in [3.05, 3.63) is 28.2 Å². The van der Waals surface area contributed by atoms with E-state index in [1.54, 1.807) is 17.7 Å². The smallest absolute Gasteiger partial charge is 0.273 e. The molecule has 0 radical (unpaired) electrons. The van der Waals surface area contributed by atoms with E-state index in [1.165, 1.54) is 0 Å². The van der Waals surface area contributed by atoms with Crippen molar-refractivity contribution < 1.29 is 4.79 Å². The molecule has 0 aliphatic carbocycles. The number of amides is 1. The topological polar surface area (TPSA) is 63.9 Å². The average molecular weight is 319 g/mol. The predicted octanol–water partition coefficient (Wildman–Crippen LogP) is 2.41. The molecule has 7 heteroatoms. The molecule has 1 aliphatic rings. The Balaban J connectivity index is 1.63. The molecule has 1 amide bonds. The van der Waals surface area contributed by atoms with Crippen molar-refractivity contribution in [2.45, 2.75) is 38.5 Å². The van der Waals surface area contributed by atoms with E-state index < -0.39 is 0 Å². The first-order chi connectivity index (χ1) is 10.6. The second-order valence-electron chi connectivity index (χ2n) is 6.09. The van der Waals surface area contributed by atoms with Crippen molar-refractivity contribution in [1.82, 2.24) is 24.6 Å². The molecular formula is C15H21N5OS. The van der Waals surface area contributed by atoms with Crippen LogP contribution in [0.4, 0.5) is 0 Å². The zero-order chi connectivity index (χ0) is 15.7. The Morgan fingerprint density at radius 3 is 2.64 bits per heavy atom. The Hall–Kier alpha value is -1.76. The van der Waals surface area contributed by atoms with Gasteiger partial charge in [-0.25, -0.2) is 4.98 Å². The number of hydrogen-bond donors (Lipinski definition) is 0. The lowest BCUT2D eigenvalue weighted by Crippen LogP contribution is -2.38. The number of likely N-dealkylation sites (tertiary alicyclic amines) is 1. The van der Waals surface area contributed by atoms with Crippen molar-refractivity contribution >= 4 is 17.2 Å². The maximum atomic E-state index is 12.5. The fourth-order valence-electron chi connectivity index (χ4n) is 2.82. The first kappa shape index (κ1) is 15.1. The first-order valence-electron chi connectivity index (χ1n) is 7.65. The van der Waals surface area contributed by atoms with Gasteiger partial charge >= 0.3 is 0 Å². The van der Waals surface area contributed by atoms with Crippen LogP contribution in [-0.4, -0.2) is 43.6 Å². The molecule has 0 bridgehead atoms. The van der Waals surface area contributed by atoms with Gasteiger partial charge in [0.15, 0.2) is 0 Å². The van der Waals surface area contributed by atoms with E-state index in [4.69, 9.17) is 0 Å². The fourth-order valence-corrected chi connectivity index (χ4v) is 3.62. The minimum absolute atomic E-state index is 0.0552. The van der Waals surface area contributed by atoms with E-state index in [0.29, 0.717) is 17.5 Å². The molecule has 22 heavy (non-hydrogen) atoms. The summed E-state index contributed by atoms with van der Waals surface area (Å²) < 4.78 is 1.97. The second-order valence-corrected chi connectivity index (χ2v) is 6.98. The zero-order valence-electron chi connectivity index (χ0n) is 13.2. The van der Waals surface area contributed by atoms with Crippen LogP contribution in [-0.2, 0) is 7.05 Å². The minimum atomic E-state index is 0.0552. The normalized spacial score (nSPS) is 16.5. The van der Waals surface area contributed by atoms with Crippen LogP contribution in [0.3, 0.4) is 0 Å². The third kappa shape index (κ3) is 2.90. The monoisotopic (exact) mass is 319 g/mol. The third-order valence-electron chi connectivity index (χ3n) is 4.13. The SMILES string of the molecule is CC(C)c1nc(C(=O)N2CCC(c3nncn3C)CC2)cs1. The van der Waals surface area contributed by atoms with Gasteiger partial charge in [-0.3, -0.25) is 4.79 Å². The number of piperidine rings is 1. The van der Waals surface area contributed by atoms with Crippen molar-refractivity contribution in [3.8, 4) is 0 Å². The molecule has 0 spiro atoms. The highest BCUT2D eigenvalue weighted by molar-refractivity contribution is 7.09. The van der Waals surface area contributed by atoms with Gasteiger partial charge in [-0.15, -0.1) is 21.5 Å². The number of hydrogen-bond acceptors (Lipinski definition) is 5. The predicted molar refractivity (Wildman–Crippen MR) is 85.1 cm³/mol. The minimum Gasteiger partial charge on any atom is -0.337 e.